The zero-order chi connectivity index (χ0) is 20.4. The average molecular weight is 390 g/mol. The maximum atomic E-state index is 12.6. The minimum absolute atomic E-state index is 0.0233. The van der Waals surface area contributed by atoms with Crippen LogP contribution >= 0.6 is 0 Å². The van der Waals surface area contributed by atoms with Crippen LogP contribution in [0.2, 0.25) is 0 Å². The van der Waals surface area contributed by atoms with Gasteiger partial charge in [-0.3, -0.25) is 9.59 Å². The molecule has 1 amide bonds. The Morgan fingerprint density at radius 3 is 2.69 bits per heavy atom. The summed E-state index contributed by atoms with van der Waals surface area (Å²) in [5.74, 6) is 1.84. The molecular formula is C23H24N3O3+. The highest BCUT2D eigenvalue weighted by molar-refractivity contribution is 5.96. The van der Waals surface area contributed by atoms with Crippen molar-refractivity contribution in [1.82, 2.24) is 4.57 Å². The van der Waals surface area contributed by atoms with Gasteiger partial charge < -0.3 is 10.1 Å². The van der Waals surface area contributed by atoms with E-state index in [4.69, 9.17) is 4.74 Å². The molecule has 0 spiro atoms. The monoisotopic (exact) mass is 390 g/mol. The molecule has 0 atom stereocenters. The highest BCUT2D eigenvalue weighted by atomic mass is 16.5. The van der Waals surface area contributed by atoms with Crippen LogP contribution in [0.15, 0.2) is 54.7 Å². The molecule has 1 aliphatic rings. The number of ketones is 1. The van der Waals surface area contributed by atoms with E-state index in [2.05, 4.69) is 9.88 Å². The van der Waals surface area contributed by atoms with Gasteiger partial charge in [0.15, 0.2) is 18.0 Å². The van der Waals surface area contributed by atoms with Crippen LogP contribution in [0.25, 0.3) is 11.3 Å². The Labute approximate surface area is 169 Å². The van der Waals surface area contributed by atoms with Gasteiger partial charge >= 0.3 is 0 Å². The summed E-state index contributed by atoms with van der Waals surface area (Å²) in [6.07, 6.45) is 4.06. The highest BCUT2D eigenvalue weighted by Crippen LogP contribution is 2.26. The number of imidazole rings is 1. The summed E-state index contributed by atoms with van der Waals surface area (Å²) >= 11 is 0. The second kappa shape index (κ2) is 7.91. The van der Waals surface area contributed by atoms with Crippen molar-refractivity contribution >= 4 is 17.4 Å². The van der Waals surface area contributed by atoms with Gasteiger partial charge in [0.05, 0.1) is 20.1 Å². The molecule has 0 radical (unpaired) electrons. The maximum absolute atomic E-state index is 12.6. The van der Waals surface area contributed by atoms with Crippen LogP contribution in [0, 0.1) is 0 Å². The van der Waals surface area contributed by atoms with E-state index in [0.717, 1.165) is 42.2 Å². The lowest BCUT2D eigenvalue weighted by Crippen LogP contribution is -2.42. The van der Waals surface area contributed by atoms with Crippen molar-refractivity contribution < 1.29 is 18.9 Å². The number of fused-ring (bicyclic) bond motifs is 1. The Morgan fingerprint density at radius 1 is 1.17 bits per heavy atom. The van der Waals surface area contributed by atoms with Crippen molar-refractivity contribution in [1.29, 1.82) is 0 Å². The Kier molecular flexibility index (Phi) is 5.16. The summed E-state index contributed by atoms with van der Waals surface area (Å²) in [7, 11) is 1.66. The fraction of sp³-hybridized carbons (Fsp3) is 0.261. The molecule has 1 aromatic heterocycles. The summed E-state index contributed by atoms with van der Waals surface area (Å²) in [6, 6.07) is 15.0. The van der Waals surface area contributed by atoms with Gasteiger partial charge in [-0.15, -0.1) is 0 Å². The van der Waals surface area contributed by atoms with Crippen LogP contribution in [0.5, 0.6) is 5.75 Å². The number of aromatic nitrogens is 2. The summed E-state index contributed by atoms with van der Waals surface area (Å²) in [6.45, 7) is 2.70. The molecule has 0 saturated heterocycles. The molecule has 3 aromatic rings. The zero-order valence-corrected chi connectivity index (χ0v) is 16.6. The molecule has 0 bridgehead atoms. The number of ether oxygens (including phenoxy) is 1. The number of hydrogen-bond donors (Lipinski definition) is 1. The van der Waals surface area contributed by atoms with E-state index in [1.54, 1.807) is 31.4 Å². The van der Waals surface area contributed by atoms with Crippen LogP contribution in [-0.4, -0.2) is 23.4 Å². The summed E-state index contributed by atoms with van der Waals surface area (Å²) in [4.78, 5) is 24.2. The Morgan fingerprint density at radius 2 is 1.97 bits per heavy atom. The molecule has 6 nitrogen and oxygen atoms in total. The molecule has 6 heteroatoms. The van der Waals surface area contributed by atoms with Crippen molar-refractivity contribution in [2.24, 2.45) is 0 Å². The molecule has 29 heavy (non-hydrogen) atoms. The zero-order valence-electron chi connectivity index (χ0n) is 16.6. The van der Waals surface area contributed by atoms with Crippen molar-refractivity contribution in [3.63, 3.8) is 0 Å². The number of rotatable bonds is 6. The van der Waals surface area contributed by atoms with E-state index in [-0.39, 0.29) is 18.2 Å². The Balaban J connectivity index is 1.55. The predicted octanol–water partition coefficient (Wildman–Crippen LogP) is 3.24. The van der Waals surface area contributed by atoms with Gasteiger partial charge in [-0.05, 0) is 49.7 Å². The molecular weight excluding hydrogens is 366 g/mol. The minimum atomic E-state index is -0.114. The van der Waals surface area contributed by atoms with Crippen LogP contribution < -0.4 is 14.6 Å². The van der Waals surface area contributed by atoms with Crippen LogP contribution in [0.4, 0.5) is 5.69 Å². The quantitative estimate of drug-likeness (QED) is 0.519. The summed E-state index contributed by atoms with van der Waals surface area (Å²) in [5, 5.41) is 2.90. The molecule has 0 unspecified atom stereocenters. The number of anilines is 1. The Hall–Kier alpha value is -3.41. The molecule has 148 valence electrons. The van der Waals surface area contributed by atoms with E-state index in [1.807, 2.05) is 35.0 Å². The third kappa shape index (κ3) is 3.92. The number of carbonyl (C=O) groups is 2. The lowest BCUT2D eigenvalue weighted by molar-refractivity contribution is -0.690. The number of carbonyl (C=O) groups excluding carboxylic acids is 2. The third-order valence-electron chi connectivity index (χ3n) is 5.25. The number of nitrogens with one attached hydrogen (secondary N) is 1. The number of hydrogen-bond acceptors (Lipinski definition) is 3. The van der Waals surface area contributed by atoms with Crippen molar-refractivity contribution in [3.05, 3.63) is 66.1 Å². The van der Waals surface area contributed by atoms with Gasteiger partial charge in [0.2, 0.25) is 0 Å². The fourth-order valence-electron chi connectivity index (χ4n) is 3.81. The topological polar surface area (TPSA) is 64.2 Å². The smallest absolute Gasteiger partial charge is 0.266 e. The van der Waals surface area contributed by atoms with E-state index in [1.165, 1.54) is 6.92 Å². The lowest BCUT2D eigenvalue weighted by Gasteiger charge is -2.05. The molecule has 1 N–H and O–H groups in total. The van der Waals surface area contributed by atoms with Crippen LogP contribution in [-0.2, 0) is 24.3 Å². The number of methoxy groups -OCH3 is 1. The number of amides is 1. The van der Waals surface area contributed by atoms with Gasteiger partial charge in [-0.2, -0.15) is 0 Å². The van der Waals surface area contributed by atoms with Gasteiger partial charge in [0, 0.05) is 16.8 Å². The summed E-state index contributed by atoms with van der Waals surface area (Å²) < 4.78 is 9.56. The molecule has 0 saturated carbocycles. The van der Waals surface area contributed by atoms with Gasteiger partial charge in [0.1, 0.15) is 11.9 Å². The molecule has 0 fully saturated rings. The van der Waals surface area contributed by atoms with Gasteiger partial charge in [-0.1, -0.05) is 12.1 Å². The van der Waals surface area contributed by atoms with Gasteiger partial charge in [0.25, 0.3) is 11.7 Å². The molecule has 2 heterocycles. The van der Waals surface area contributed by atoms with E-state index in [9.17, 15) is 9.59 Å². The first-order valence-electron chi connectivity index (χ1n) is 9.72. The first kappa shape index (κ1) is 18.9. The molecule has 0 aliphatic carbocycles. The van der Waals surface area contributed by atoms with E-state index >= 15 is 0 Å². The Bertz CT molecular complexity index is 1070. The first-order chi connectivity index (χ1) is 14.0. The van der Waals surface area contributed by atoms with Crippen molar-refractivity contribution in [2.75, 3.05) is 12.4 Å². The molecule has 1 aliphatic heterocycles. The van der Waals surface area contributed by atoms with E-state index < -0.39 is 0 Å². The SMILES string of the molecule is COc1ccc(-c2c[n+](CC(=O)Nc3cccc(C(C)=O)c3)c3n2CCC3)cc1. The largest absolute Gasteiger partial charge is 0.497 e. The highest BCUT2D eigenvalue weighted by Gasteiger charge is 2.29. The standard InChI is InChI=1S/C23H23N3O3/c1-16(27)18-5-3-6-19(13-18)24-22(28)15-25-14-21(26-12-4-7-23(25)26)17-8-10-20(29-2)11-9-17/h3,5-6,8-11,13-14H,4,7,12,15H2,1-2H3/p+1. The van der Waals surface area contributed by atoms with Gasteiger partial charge in [-0.25, -0.2) is 9.13 Å². The second-order valence-corrected chi connectivity index (χ2v) is 7.23. The molecule has 2 aromatic carbocycles. The number of Topliss-reactive ketones (excluding diaryl/α,β-unsaturated/α-hetero) is 1. The molecule has 4 rings (SSSR count). The van der Waals surface area contributed by atoms with Crippen molar-refractivity contribution in [2.45, 2.75) is 32.9 Å². The lowest BCUT2D eigenvalue weighted by atomic mass is 10.1. The second-order valence-electron chi connectivity index (χ2n) is 7.23. The first-order valence-corrected chi connectivity index (χ1v) is 9.72. The maximum Gasteiger partial charge on any atom is 0.266 e. The minimum Gasteiger partial charge on any atom is -0.497 e. The number of nitrogens with zero attached hydrogens (tertiary/aromatic N) is 2. The predicted molar refractivity (Wildman–Crippen MR) is 110 cm³/mol. The van der Waals surface area contributed by atoms with Crippen LogP contribution in [0.3, 0.4) is 0 Å². The summed E-state index contributed by atoms with van der Waals surface area (Å²) in [5.41, 5.74) is 3.42. The number of benzene rings is 2. The fourth-order valence-corrected chi connectivity index (χ4v) is 3.81. The normalized spacial score (nSPS) is 12.5. The van der Waals surface area contributed by atoms with E-state index in [0.29, 0.717) is 11.3 Å². The third-order valence-corrected chi connectivity index (χ3v) is 5.25. The van der Waals surface area contributed by atoms with Crippen LogP contribution in [0.1, 0.15) is 29.5 Å². The average Bonchev–Trinajstić information content (AvgIpc) is 3.32. The van der Waals surface area contributed by atoms with Crippen molar-refractivity contribution in [3.8, 4) is 17.0 Å².